The van der Waals surface area contributed by atoms with Crippen LogP contribution in [0.1, 0.15) is 10.4 Å². The van der Waals surface area contributed by atoms with Gasteiger partial charge in [0.1, 0.15) is 6.33 Å². The molecule has 0 bridgehead atoms. The van der Waals surface area contributed by atoms with Gasteiger partial charge in [0.05, 0.1) is 11.8 Å². The summed E-state index contributed by atoms with van der Waals surface area (Å²) in [6, 6.07) is 1.71. The first-order valence-corrected chi connectivity index (χ1v) is 3.66. The topological polar surface area (TPSA) is 60.7 Å². The lowest BCUT2D eigenvalue weighted by molar-refractivity contribution is 0.112. The van der Waals surface area contributed by atoms with E-state index in [0.29, 0.717) is 11.4 Å². The largest absolute Gasteiger partial charge is 0.298 e. The van der Waals surface area contributed by atoms with E-state index in [9.17, 15) is 4.79 Å². The van der Waals surface area contributed by atoms with Gasteiger partial charge in [-0.3, -0.25) is 4.79 Å². The fourth-order valence-corrected chi connectivity index (χ4v) is 0.942. The third kappa shape index (κ3) is 1.44. The lowest BCUT2D eigenvalue weighted by atomic mass is 10.4. The van der Waals surface area contributed by atoms with Crippen molar-refractivity contribution in [3.63, 3.8) is 0 Å². The molecule has 0 radical (unpaired) electrons. The first kappa shape index (κ1) is 7.60. The highest BCUT2D eigenvalue weighted by Gasteiger charge is 1.99. The zero-order chi connectivity index (χ0) is 9.10. The number of hydrogen-bond donors (Lipinski definition) is 0. The van der Waals surface area contributed by atoms with Crippen LogP contribution < -0.4 is 0 Å². The van der Waals surface area contributed by atoms with Crippen LogP contribution >= 0.6 is 0 Å². The predicted octanol–water partition coefficient (Wildman–Crippen LogP) is 0.475. The third-order valence-electron chi connectivity index (χ3n) is 1.54. The van der Waals surface area contributed by atoms with Gasteiger partial charge in [-0.05, 0) is 0 Å². The molecule has 13 heavy (non-hydrogen) atoms. The summed E-state index contributed by atoms with van der Waals surface area (Å²) in [6.45, 7) is 0. The van der Waals surface area contributed by atoms with E-state index >= 15 is 0 Å². The van der Waals surface area contributed by atoms with Crippen molar-refractivity contribution in [2.24, 2.45) is 0 Å². The predicted molar refractivity (Wildman–Crippen MR) is 44.5 cm³/mol. The SMILES string of the molecule is O=Cc1cnn(-c2ccncn2)c1. The van der Waals surface area contributed by atoms with Crippen LogP contribution in [0.2, 0.25) is 0 Å². The molecule has 2 heterocycles. The van der Waals surface area contributed by atoms with E-state index in [0.717, 1.165) is 6.29 Å². The maximum atomic E-state index is 10.4. The van der Waals surface area contributed by atoms with Gasteiger partial charge in [-0.1, -0.05) is 0 Å². The Balaban J connectivity index is 2.41. The molecule has 64 valence electrons. The molecule has 0 aliphatic heterocycles. The first-order chi connectivity index (χ1) is 6.40. The Morgan fingerprint density at radius 3 is 3.00 bits per heavy atom. The molecule has 0 saturated carbocycles. The van der Waals surface area contributed by atoms with Crippen molar-refractivity contribution in [2.45, 2.75) is 0 Å². The first-order valence-electron chi connectivity index (χ1n) is 3.66. The summed E-state index contributed by atoms with van der Waals surface area (Å²) >= 11 is 0. The molecule has 0 saturated heterocycles. The molecule has 0 amide bonds. The lowest BCUT2D eigenvalue weighted by Crippen LogP contribution is -1.96. The van der Waals surface area contributed by atoms with Crippen LogP contribution in [0.25, 0.3) is 5.82 Å². The molecule has 2 aromatic heterocycles. The molecular formula is C8H6N4O. The van der Waals surface area contributed by atoms with Crippen LogP contribution in [-0.2, 0) is 0 Å². The fraction of sp³-hybridized carbons (Fsp3) is 0. The van der Waals surface area contributed by atoms with Gasteiger partial charge >= 0.3 is 0 Å². The van der Waals surface area contributed by atoms with Crippen LogP contribution in [0.15, 0.2) is 31.0 Å². The fourth-order valence-electron chi connectivity index (χ4n) is 0.942. The zero-order valence-corrected chi connectivity index (χ0v) is 6.66. The van der Waals surface area contributed by atoms with Crippen molar-refractivity contribution in [2.75, 3.05) is 0 Å². The normalized spacial score (nSPS) is 9.85. The van der Waals surface area contributed by atoms with Gasteiger partial charge in [-0.2, -0.15) is 5.10 Å². The van der Waals surface area contributed by atoms with Gasteiger partial charge < -0.3 is 0 Å². The van der Waals surface area contributed by atoms with Gasteiger partial charge in [-0.25, -0.2) is 14.6 Å². The zero-order valence-electron chi connectivity index (χ0n) is 6.66. The Morgan fingerprint density at radius 1 is 1.46 bits per heavy atom. The number of nitrogens with zero attached hydrogens (tertiary/aromatic N) is 4. The number of aldehydes is 1. The summed E-state index contributed by atoms with van der Waals surface area (Å²) in [5, 5.41) is 3.95. The minimum Gasteiger partial charge on any atom is -0.298 e. The quantitative estimate of drug-likeness (QED) is 0.621. The van der Waals surface area contributed by atoms with Gasteiger partial charge in [0.2, 0.25) is 0 Å². The van der Waals surface area contributed by atoms with E-state index in [1.165, 1.54) is 17.2 Å². The Hall–Kier alpha value is -2.04. The third-order valence-corrected chi connectivity index (χ3v) is 1.54. The summed E-state index contributed by atoms with van der Waals surface area (Å²) in [4.78, 5) is 18.1. The minimum atomic E-state index is 0.526. The molecule has 0 atom stereocenters. The summed E-state index contributed by atoms with van der Waals surface area (Å²) in [6.07, 6.45) is 6.87. The maximum absolute atomic E-state index is 10.4. The number of rotatable bonds is 2. The molecular weight excluding hydrogens is 168 g/mol. The van der Waals surface area contributed by atoms with E-state index in [4.69, 9.17) is 0 Å². The summed E-state index contributed by atoms with van der Waals surface area (Å²) < 4.78 is 1.52. The van der Waals surface area contributed by atoms with Crippen molar-refractivity contribution in [1.82, 2.24) is 19.7 Å². The number of carbonyl (C=O) groups excluding carboxylic acids is 1. The minimum absolute atomic E-state index is 0.526. The maximum Gasteiger partial charge on any atom is 0.156 e. The number of aromatic nitrogens is 4. The molecule has 0 fully saturated rings. The molecule has 2 rings (SSSR count). The molecule has 0 spiro atoms. The molecule has 0 N–H and O–H groups in total. The number of carbonyl (C=O) groups is 1. The molecule has 5 nitrogen and oxygen atoms in total. The van der Waals surface area contributed by atoms with E-state index in [2.05, 4.69) is 15.1 Å². The van der Waals surface area contributed by atoms with Gasteiger partial charge in [0, 0.05) is 18.5 Å². The molecule has 0 aliphatic carbocycles. The average molecular weight is 174 g/mol. The smallest absolute Gasteiger partial charge is 0.156 e. The van der Waals surface area contributed by atoms with Gasteiger partial charge in [-0.15, -0.1) is 0 Å². The van der Waals surface area contributed by atoms with Crippen LogP contribution in [-0.4, -0.2) is 26.0 Å². The van der Waals surface area contributed by atoms with Crippen LogP contribution in [0.3, 0.4) is 0 Å². The average Bonchev–Trinajstić information content (AvgIpc) is 2.67. The van der Waals surface area contributed by atoms with Crippen molar-refractivity contribution in [1.29, 1.82) is 0 Å². The standard InChI is InChI=1S/C8H6N4O/c13-5-7-3-11-12(4-7)8-1-2-9-6-10-8/h1-6H. The highest BCUT2D eigenvalue weighted by atomic mass is 16.1. The molecule has 0 unspecified atom stereocenters. The van der Waals surface area contributed by atoms with E-state index in [-0.39, 0.29) is 0 Å². The molecule has 5 heteroatoms. The van der Waals surface area contributed by atoms with E-state index < -0.39 is 0 Å². The van der Waals surface area contributed by atoms with Crippen molar-refractivity contribution >= 4 is 6.29 Å². The van der Waals surface area contributed by atoms with Crippen LogP contribution in [0, 0.1) is 0 Å². The molecule has 0 aromatic carbocycles. The molecule has 2 aromatic rings. The van der Waals surface area contributed by atoms with E-state index in [1.54, 1.807) is 18.5 Å². The Labute approximate surface area is 74.1 Å². The molecule has 0 aliphatic rings. The second-order valence-electron chi connectivity index (χ2n) is 2.40. The van der Waals surface area contributed by atoms with E-state index in [1.807, 2.05) is 0 Å². The monoisotopic (exact) mass is 174 g/mol. The Kier molecular flexibility index (Phi) is 1.84. The van der Waals surface area contributed by atoms with Crippen molar-refractivity contribution in [3.05, 3.63) is 36.5 Å². The van der Waals surface area contributed by atoms with Crippen molar-refractivity contribution < 1.29 is 4.79 Å². The lowest BCUT2D eigenvalue weighted by Gasteiger charge is -1.96. The second-order valence-corrected chi connectivity index (χ2v) is 2.40. The van der Waals surface area contributed by atoms with Crippen molar-refractivity contribution in [3.8, 4) is 5.82 Å². The van der Waals surface area contributed by atoms with Gasteiger partial charge in [0.15, 0.2) is 12.1 Å². The Bertz CT molecular complexity index is 409. The summed E-state index contributed by atoms with van der Waals surface area (Å²) in [7, 11) is 0. The second kappa shape index (κ2) is 3.14. The summed E-state index contributed by atoms with van der Waals surface area (Å²) in [5.74, 6) is 0.642. The Morgan fingerprint density at radius 2 is 2.38 bits per heavy atom. The van der Waals surface area contributed by atoms with Gasteiger partial charge in [0.25, 0.3) is 0 Å². The van der Waals surface area contributed by atoms with Crippen LogP contribution in [0.4, 0.5) is 0 Å². The highest BCUT2D eigenvalue weighted by Crippen LogP contribution is 2.01. The number of hydrogen-bond acceptors (Lipinski definition) is 4. The highest BCUT2D eigenvalue weighted by molar-refractivity contribution is 5.73. The van der Waals surface area contributed by atoms with Crippen LogP contribution in [0.5, 0.6) is 0 Å². The summed E-state index contributed by atoms with van der Waals surface area (Å²) in [5.41, 5.74) is 0.526.